The van der Waals surface area contributed by atoms with Gasteiger partial charge in [-0.1, -0.05) is 79.4 Å². The highest BCUT2D eigenvalue weighted by molar-refractivity contribution is 6.09. The Morgan fingerprint density at radius 1 is 0.875 bits per heavy atom. The predicted molar refractivity (Wildman–Crippen MR) is 170 cm³/mol. The molecule has 2 aromatic heterocycles. The molecule has 3 heterocycles. The molecule has 0 amide bonds. The quantitative estimate of drug-likeness (QED) is 0.106. The van der Waals surface area contributed by atoms with E-state index in [0.29, 0.717) is 5.82 Å². The van der Waals surface area contributed by atoms with Gasteiger partial charge in [0.05, 0.1) is 11.0 Å². The highest BCUT2D eigenvalue weighted by atomic mass is 15.2. The van der Waals surface area contributed by atoms with E-state index in [9.17, 15) is 0 Å². The van der Waals surface area contributed by atoms with Crippen LogP contribution in [0.3, 0.4) is 0 Å². The number of nitrogen functional groups attached to an aromatic ring is 1. The van der Waals surface area contributed by atoms with Crippen LogP contribution in [0.15, 0.2) is 141 Å². The first-order valence-corrected chi connectivity index (χ1v) is 13.0. The first kappa shape index (κ1) is 26.2. The summed E-state index contributed by atoms with van der Waals surface area (Å²) in [6, 6.07) is 32.6. The summed E-state index contributed by atoms with van der Waals surface area (Å²) < 4.78 is 1.76. The maximum Gasteiger partial charge on any atom is 0.131 e. The van der Waals surface area contributed by atoms with Gasteiger partial charge in [-0.15, -0.1) is 13.2 Å². The number of nitrogens with one attached hydrogen (secondary N) is 1. The van der Waals surface area contributed by atoms with Crippen molar-refractivity contribution >= 4 is 45.7 Å². The molecule has 40 heavy (non-hydrogen) atoms. The standard InChI is InChI=1S/C33H27N5.C2H4/c1-2-23(24-12-5-3-6-13-24)21-31(34)38-30-18-11-19-36-32(30)28(33(38)35)22-27-20-25-14-9-10-17-29(25)37(27)26-15-7-4-8-16-26;1-2/h2-19,21-22,34H,1,20,35H2;1-2H2/b23-21+,27-22+,34-31?;. The predicted octanol–water partition coefficient (Wildman–Crippen LogP) is 8.25. The van der Waals surface area contributed by atoms with Crippen LogP contribution in [0.25, 0.3) is 22.7 Å². The fourth-order valence-electron chi connectivity index (χ4n) is 5.13. The number of hydrogen-bond donors (Lipinski definition) is 2. The van der Waals surface area contributed by atoms with E-state index in [1.54, 1.807) is 22.9 Å². The zero-order valence-corrected chi connectivity index (χ0v) is 22.3. The summed E-state index contributed by atoms with van der Waals surface area (Å²) >= 11 is 0. The second kappa shape index (κ2) is 11.5. The topological polar surface area (TPSA) is 70.9 Å². The SMILES string of the molecule is C=C.C=C/C(=C\C(=N)n1c(N)c(/C=C2\Cc3ccccc3N2c2ccccc2)c2ncccc21)c1ccccc1. The molecule has 0 bridgehead atoms. The fourth-order valence-corrected chi connectivity index (χ4v) is 5.13. The van der Waals surface area contributed by atoms with Crippen molar-refractivity contribution in [3.8, 4) is 0 Å². The van der Waals surface area contributed by atoms with Crippen LogP contribution in [0.4, 0.5) is 17.2 Å². The average molecular weight is 522 g/mol. The van der Waals surface area contributed by atoms with E-state index in [1.807, 2.05) is 60.7 Å². The van der Waals surface area contributed by atoms with Crippen molar-refractivity contribution in [1.82, 2.24) is 9.55 Å². The number of nitrogens with two attached hydrogens (primary N) is 1. The van der Waals surface area contributed by atoms with Gasteiger partial charge >= 0.3 is 0 Å². The van der Waals surface area contributed by atoms with Gasteiger partial charge in [-0.3, -0.25) is 15.0 Å². The lowest BCUT2D eigenvalue weighted by atomic mass is 10.1. The molecule has 0 atom stereocenters. The summed E-state index contributed by atoms with van der Waals surface area (Å²) in [4.78, 5) is 6.97. The molecule has 1 aliphatic rings. The van der Waals surface area contributed by atoms with Gasteiger partial charge in [-0.05, 0) is 59.2 Å². The van der Waals surface area contributed by atoms with Crippen LogP contribution in [0, 0.1) is 5.41 Å². The van der Waals surface area contributed by atoms with Crippen LogP contribution in [0.2, 0.25) is 0 Å². The molecule has 0 unspecified atom stereocenters. The lowest BCUT2D eigenvalue weighted by molar-refractivity contribution is 1.16. The van der Waals surface area contributed by atoms with Gasteiger partial charge in [-0.2, -0.15) is 0 Å². The van der Waals surface area contributed by atoms with Gasteiger partial charge in [0.1, 0.15) is 11.7 Å². The number of benzene rings is 3. The minimum Gasteiger partial charge on any atom is -0.384 e. The van der Waals surface area contributed by atoms with Gasteiger partial charge < -0.3 is 10.6 Å². The lowest BCUT2D eigenvalue weighted by Crippen LogP contribution is -2.13. The smallest absolute Gasteiger partial charge is 0.131 e. The van der Waals surface area contributed by atoms with E-state index in [0.717, 1.165) is 51.2 Å². The molecule has 3 aromatic carbocycles. The van der Waals surface area contributed by atoms with Crippen molar-refractivity contribution in [1.29, 1.82) is 5.41 Å². The molecular weight excluding hydrogens is 490 g/mol. The molecular formula is C35H31N5. The largest absolute Gasteiger partial charge is 0.384 e. The number of hydrogen-bond acceptors (Lipinski definition) is 4. The van der Waals surface area contributed by atoms with E-state index in [4.69, 9.17) is 16.1 Å². The van der Waals surface area contributed by atoms with Crippen molar-refractivity contribution < 1.29 is 0 Å². The van der Waals surface area contributed by atoms with Crippen molar-refractivity contribution in [3.63, 3.8) is 0 Å². The lowest BCUT2D eigenvalue weighted by Gasteiger charge is -2.22. The number of allylic oxidation sites excluding steroid dienone is 4. The molecule has 0 saturated heterocycles. The molecule has 5 aromatic rings. The van der Waals surface area contributed by atoms with Gasteiger partial charge in [0.25, 0.3) is 0 Å². The molecule has 196 valence electrons. The normalized spacial score (nSPS) is 13.6. The highest BCUT2D eigenvalue weighted by Crippen LogP contribution is 2.42. The molecule has 5 nitrogen and oxygen atoms in total. The Bertz CT molecular complexity index is 1740. The van der Waals surface area contributed by atoms with Crippen LogP contribution >= 0.6 is 0 Å². The molecule has 0 saturated carbocycles. The fraction of sp³-hybridized carbons (Fsp3) is 0.0286. The Morgan fingerprint density at radius 2 is 1.55 bits per heavy atom. The van der Waals surface area contributed by atoms with E-state index >= 15 is 0 Å². The van der Waals surface area contributed by atoms with Crippen LogP contribution in [0.5, 0.6) is 0 Å². The number of para-hydroxylation sites is 2. The Kier molecular flexibility index (Phi) is 7.56. The van der Waals surface area contributed by atoms with E-state index < -0.39 is 0 Å². The van der Waals surface area contributed by atoms with Gasteiger partial charge in [-0.25, -0.2) is 0 Å². The molecule has 0 spiro atoms. The number of rotatable bonds is 5. The summed E-state index contributed by atoms with van der Waals surface area (Å²) in [5.74, 6) is 0.728. The summed E-state index contributed by atoms with van der Waals surface area (Å²) in [7, 11) is 0. The molecule has 0 fully saturated rings. The molecule has 1 aliphatic heterocycles. The first-order chi connectivity index (χ1) is 19.7. The molecule has 0 aliphatic carbocycles. The number of anilines is 3. The molecule has 0 radical (unpaired) electrons. The third kappa shape index (κ3) is 4.76. The van der Waals surface area contributed by atoms with Crippen LogP contribution in [0.1, 0.15) is 16.7 Å². The summed E-state index contributed by atoms with van der Waals surface area (Å²) in [5.41, 5.74) is 15.6. The summed E-state index contributed by atoms with van der Waals surface area (Å²) in [5, 5.41) is 9.01. The molecule has 5 heteroatoms. The van der Waals surface area contributed by atoms with E-state index in [1.165, 1.54) is 5.56 Å². The van der Waals surface area contributed by atoms with Crippen LogP contribution in [-0.2, 0) is 6.42 Å². The van der Waals surface area contributed by atoms with Crippen molar-refractivity contribution in [2.45, 2.75) is 6.42 Å². The monoisotopic (exact) mass is 521 g/mol. The summed E-state index contributed by atoms with van der Waals surface area (Å²) in [6.07, 6.45) is 8.22. The first-order valence-electron chi connectivity index (χ1n) is 13.0. The van der Waals surface area contributed by atoms with Gasteiger partial charge in [0, 0.05) is 35.3 Å². The Hall–Kier alpha value is -5.42. The zero-order valence-electron chi connectivity index (χ0n) is 22.3. The number of nitrogens with zero attached hydrogens (tertiary/aromatic N) is 3. The Balaban J connectivity index is 0.00000158. The average Bonchev–Trinajstić information content (AvgIpc) is 3.52. The third-order valence-corrected chi connectivity index (χ3v) is 6.88. The minimum atomic E-state index is 0.249. The van der Waals surface area contributed by atoms with Crippen LogP contribution in [-0.4, -0.2) is 15.4 Å². The van der Waals surface area contributed by atoms with Crippen LogP contribution < -0.4 is 10.6 Å². The zero-order chi connectivity index (χ0) is 28.1. The second-order valence-corrected chi connectivity index (χ2v) is 9.17. The third-order valence-electron chi connectivity index (χ3n) is 6.88. The van der Waals surface area contributed by atoms with Crippen molar-refractivity contribution in [2.75, 3.05) is 10.6 Å². The Morgan fingerprint density at radius 3 is 2.27 bits per heavy atom. The molecule has 6 rings (SSSR count). The van der Waals surface area contributed by atoms with Gasteiger partial charge in [0.15, 0.2) is 0 Å². The highest BCUT2D eigenvalue weighted by Gasteiger charge is 2.26. The number of aromatic nitrogens is 2. The molecule has 3 N–H and O–H groups in total. The summed E-state index contributed by atoms with van der Waals surface area (Å²) in [6.45, 7) is 9.97. The number of fused-ring (bicyclic) bond motifs is 2. The van der Waals surface area contributed by atoms with Gasteiger partial charge in [0.2, 0.25) is 0 Å². The van der Waals surface area contributed by atoms with Crippen molar-refractivity contribution in [2.24, 2.45) is 0 Å². The van der Waals surface area contributed by atoms with E-state index in [2.05, 4.69) is 67.1 Å². The Labute approximate surface area is 235 Å². The minimum absolute atomic E-state index is 0.249. The van der Waals surface area contributed by atoms with E-state index in [-0.39, 0.29) is 5.84 Å². The second-order valence-electron chi connectivity index (χ2n) is 9.17. The van der Waals surface area contributed by atoms with Crippen molar-refractivity contribution in [3.05, 3.63) is 158 Å². The maximum atomic E-state index is 9.01. The number of pyridine rings is 1. The maximum absolute atomic E-state index is 9.01.